The van der Waals surface area contributed by atoms with Crippen molar-refractivity contribution in [3.05, 3.63) is 35.4 Å². The Morgan fingerprint density at radius 2 is 2.29 bits per heavy atom. The van der Waals surface area contributed by atoms with E-state index < -0.39 is 5.91 Å². The fourth-order valence-electron chi connectivity index (χ4n) is 1.35. The highest BCUT2D eigenvalue weighted by Gasteiger charge is 2.10. The molecule has 1 heterocycles. The number of carbonyl (C=O) groups is 1. The molecule has 1 aliphatic rings. The Labute approximate surface area is 81.1 Å². The van der Waals surface area contributed by atoms with Crippen LogP contribution in [0.15, 0.2) is 29.4 Å². The number of anilines is 1. The number of nitrogens with two attached hydrogens (primary N) is 1. The van der Waals surface area contributed by atoms with Crippen LogP contribution in [0.3, 0.4) is 0 Å². The maximum atomic E-state index is 11.1. The lowest BCUT2D eigenvalue weighted by Gasteiger charge is -2.06. The zero-order valence-electron chi connectivity index (χ0n) is 7.40. The summed E-state index contributed by atoms with van der Waals surface area (Å²) in [5, 5.41) is 3.90. The lowest BCUT2D eigenvalue weighted by Crippen LogP contribution is -2.13. The lowest BCUT2D eigenvalue weighted by atomic mass is 10.0. The second-order valence-corrected chi connectivity index (χ2v) is 2.88. The van der Waals surface area contributed by atoms with Gasteiger partial charge in [-0.25, -0.2) is 0 Å². The number of nitrogens with zero attached hydrogens (tertiary/aromatic N) is 1. The number of rotatable bonds is 1. The van der Waals surface area contributed by atoms with Gasteiger partial charge >= 0.3 is 0 Å². The third-order valence-electron chi connectivity index (χ3n) is 1.98. The van der Waals surface area contributed by atoms with E-state index in [9.17, 15) is 4.79 Å². The van der Waals surface area contributed by atoms with E-state index in [1.807, 2.05) is 6.07 Å². The maximum absolute atomic E-state index is 11.1. The first kappa shape index (κ1) is 8.50. The molecule has 0 fully saturated rings. The molecule has 1 amide bonds. The quantitative estimate of drug-likeness (QED) is 0.693. The topological polar surface area (TPSA) is 67.5 Å². The maximum Gasteiger partial charge on any atom is 0.249 e. The van der Waals surface area contributed by atoms with Gasteiger partial charge in [0.2, 0.25) is 5.91 Å². The van der Waals surface area contributed by atoms with Gasteiger partial charge in [0.25, 0.3) is 0 Å². The Bertz CT molecular complexity index is 435. The Balaban J connectivity index is 2.61. The first-order chi connectivity index (χ1) is 6.79. The summed E-state index contributed by atoms with van der Waals surface area (Å²) in [7, 11) is 0. The molecule has 0 radical (unpaired) electrons. The highest BCUT2D eigenvalue weighted by Crippen LogP contribution is 2.22. The monoisotopic (exact) mass is 187 g/mol. The first-order valence-corrected chi connectivity index (χ1v) is 4.17. The molecule has 14 heavy (non-hydrogen) atoms. The Morgan fingerprint density at radius 1 is 1.43 bits per heavy atom. The molecule has 1 aromatic carbocycles. The van der Waals surface area contributed by atoms with Crippen LogP contribution in [0.25, 0.3) is 6.08 Å². The van der Waals surface area contributed by atoms with Crippen LogP contribution in [0.2, 0.25) is 0 Å². The van der Waals surface area contributed by atoms with Crippen LogP contribution in [0.5, 0.6) is 0 Å². The number of carbonyl (C=O) groups excluding carboxylic acids is 1. The van der Waals surface area contributed by atoms with E-state index >= 15 is 0 Å². The fourth-order valence-corrected chi connectivity index (χ4v) is 1.35. The van der Waals surface area contributed by atoms with Crippen molar-refractivity contribution in [3.8, 4) is 0 Å². The molecule has 1 aromatic rings. The molecule has 70 valence electrons. The number of amides is 1. The minimum absolute atomic E-state index is 0.435. The molecule has 2 rings (SSSR count). The number of hydrogen-bond donors (Lipinski definition) is 2. The summed E-state index contributed by atoms with van der Waals surface area (Å²) in [6.07, 6.45) is 5.18. The largest absolute Gasteiger partial charge is 0.366 e. The zero-order chi connectivity index (χ0) is 9.97. The number of allylic oxidation sites excluding steroid dienone is 1. The molecule has 0 bridgehead atoms. The van der Waals surface area contributed by atoms with Gasteiger partial charge < -0.3 is 5.73 Å². The molecule has 0 saturated heterocycles. The van der Waals surface area contributed by atoms with Crippen molar-refractivity contribution in [2.24, 2.45) is 10.8 Å². The molecule has 0 atom stereocenters. The van der Waals surface area contributed by atoms with Gasteiger partial charge in [0, 0.05) is 17.3 Å². The van der Waals surface area contributed by atoms with E-state index in [0.717, 1.165) is 11.3 Å². The molecule has 4 nitrogen and oxygen atoms in total. The number of hydrogen-bond acceptors (Lipinski definition) is 3. The van der Waals surface area contributed by atoms with Crippen molar-refractivity contribution >= 4 is 23.9 Å². The molecule has 0 saturated carbocycles. The molecule has 1 aliphatic heterocycles. The number of benzene rings is 1. The van der Waals surface area contributed by atoms with E-state index in [1.54, 1.807) is 30.5 Å². The van der Waals surface area contributed by atoms with Gasteiger partial charge in [-0.05, 0) is 18.2 Å². The summed E-state index contributed by atoms with van der Waals surface area (Å²) < 4.78 is 0. The Kier molecular flexibility index (Phi) is 2.02. The van der Waals surface area contributed by atoms with Crippen LogP contribution in [0.4, 0.5) is 5.69 Å². The number of nitrogens with one attached hydrogen (secondary N) is 1. The highest BCUT2D eigenvalue weighted by molar-refractivity contribution is 6.00. The van der Waals surface area contributed by atoms with Crippen LogP contribution in [0.1, 0.15) is 15.9 Å². The minimum Gasteiger partial charge on any atom is -0.366 e. The zero-order valence-corrected chi connectivity index (χ0v) is 7.40. The molecule has 3 N–H and O–H groups in total. The lowest BCUT2D eigenvalue weighted by molar-refractivity contribution is 0.1000. The Morgan fingerprint density at radius 3 is 3.07 bits per heavy atom. The SMILES string of the molecule is NC(=O)c1cccc2c1C=CC=NN2. The van der Waals surface area contributed by atoms with E-state index in [2.05, 4.69) is 10.5 Å². The van der Waals surface area contributed by atoms with Crippen LogP contribution in [-0.4, -0.2) is 12.1 Å². The van der Waals surface area contributed by atoms with Crippen LogP contribution in [0, 0.1) is 0 Å². The highest BCUT2D eigenvalue weighted by atomic mass is 16.1. The summed E-state index contributed by atoms with van der Waals surface area (Å²) in [6, 6.07) is 5.30. The number of hydrazone groups is 1. The van der Waals surface area contributed by atoms with Crippen LogP contribution >= 0.6 is 0 Å². The second kappa shape index (κ2) is 3.33. The van der Waals surface area contributed by atoms with E-state index in [0.29, 0.717) is 5.56 Å². The van der Waals surface area contributed by atoms with Crippen molar-refractivity contribution in [2.45, 2.75) is 0 Å². The van der Waals surface area contributed by atoms with Crippen molar-refractivity contribution in [1.29, 1.82) is 0 Å². The molecule has 4 heteroatoms. The summed E-state index contributed by atoms with van der Waals surface area (Å²) in [5.41, 5.74) is 10.1. The molecular formula is C10H9N3O. The van der Waals surface area contributed by atoms with Gasteiger partial charge in [-0.15, -0.1) is 0 Å². The normalized spacial score (nSPS) is 12.9. The van der Waals surface area contributed by atoms with Gasteiger partial charge in [-0.3, -0.25) is 10.2 Å². The summed E-state index contributed by atoms with van der Waals surface area (Å²) in [6.45, 7) is 0. The molecule has 0 aromatic heterocycles. The molecule has 0 aliphatic carbocycles. The second-order valence-electron chi connectivity index (χ2n) is 2.88. The minimum atomic E-state index is -0.435. The average Bonchev–Trinajstić information content (AvgIpc) is 2.41. The van der Waals surface area contributed by atoms with Crippen LogP contribution < -0.4 is 11.2 Å². The predicted molar refractivity (Wildman–Crippen MR) is 56.1 cm³/mol. The molecular weight excluding hydrogens is 178 g/mol. The third-order valence-corrected chi connectivity index (χ3v) is 1.98. The first-order valence-electron chi connectivity index (χ1n) is 4.17. The van der Waals surface area contributed by atoms with Gasteiger partial charge in [0.1, 0.15) is 0 Å². The van der Waals surface area contributed by atoms with Gasteiger partial charge in [0.15, 0.2) is 0 Å². The molecule has 0 spiro atoms. The predicted octanol–water partition coefficient (Wildman–Crippen LogP) is 1.21. The Hall–Kier alpha value is -2.10. The summed E-state index contributed by atoms with van der Waals surface area (Å²) >= 11 is 0. The van der Waals surface area contributed by atoms with Crippen LogP contribution in [-0.2, 0) is 0 Å². The average molecular weight is 187 g/mol. The third kappa shape index (κ3) is 1.37. The summed E-state index contributed by atoms with van der Waals surface area (Å²) in [5.74, 6) is -0.435. The number of fused-ring (bicyclic) bond motifs is 1. The van der Waals surface area contributed by atoms with Gasteiger partial charge in [-0.2, -0.15) is 5.10 Å². The van der Waals surface area contributed by atoms with Gasteiger partial charge in [-0.1, -0.05) is 12.1 Å². The van der Waals surface area contributed by atoms with Gasteiger partial charge in [0.05, 0.1) is 5.69 Å². The standard InChI is InChI=1S/C10H9N3O/c11-10(14)8-3-1-5-9-7(8)4-2-6-12-13-9/h1-6,13H,(H2,11,14). The van der Waals surface area contributed by atoms with E-state index in [1.165, 1.54) is 0 Å². The fraction of sp³-hybridized carbons (Fsp3) is 0. The smallest absolute Gasteiger partial charge is 0.249 e. The summed E-state index contributed by atoms with van der Waals surface area (Å²) in [4.78, 5) is 11.1. The molecule has 0 unspecified atom stereocenters. The van der Waals surface area contributed by atoms with E-state index in [4.69, 9.17) is 5.73 Å². The van der Waals surface area contributed by atoms with Crippen molar-refractivity contribution < 1.29 is 4.79 Å². The van der Waals surface area contributed by atoms with Crippen molar-refractivity contribution in [2.75, 3.05) is 5.43 Å². The van der Waals surface area contributed by atoms with Crippen molar-refractivity contribution in [3.63, 3.8) is 0 Å². The van der Waals surface area contributed by atoms with E-state index in [-0.39, 0.29) is 0 Å². The number of primary amides is 1. The van der Waals surface area contributed by atoms with Crippen molar-refractivity contribution in [1.82, 2.24) is 0 Å².